The molecule has 1 heterocycles. The molecule has 1 aromatic rings. The Bertz CT molecular complexity index is 709. The minimum absolute atomic E-state index is 0.0382. The first-order chi connectivity index (χ1) is 13.2. The molecule has 2 rings (SSSR count). The topological polar surface area (TPSA) is 43.9 Å². The van der Waals surface area contributed by atoms with Gasteiger partial charge in [-0.2, -0.15) is 0 Å². The van der Waals surface area contributed by atoms with Gasteiger partial charge in [-0.05, 0) is 44.6 Å². The Balaban J connectivity index is 2.51. The van der Waals surface area contributed by atoms with Crippen molar-refractivity contribution < 1.29 is 18.4 Å². The van der Waals surface area contributed by atoms with Gasteiger partial charge in [0.1, 0.15) is 0 Å². The van der Waals surface area contributed by atoms with Crippen molar-refractivity contribution in [2.45, 2.75) is 46.6 Å². The van der Waals surface area contributed by atoms with E-state index in [0.717, 1.165) is 38.1 Å². The van der Waals surface area contributed by atoms with Crippen molar-refractivity contribution in [1.29, 1.82) is 0 Å². The number of fused-ring (bicyclic) bond motifs is 1. The van der Waals surface area contributed by atoms with Gasteiger partial charge >= 0.3 is 0 Å². The summed E-state index contributed by atoms with van der Waals surface area (Å²) in [6, 6.07) is 2.21. The van der Waals surface area contributed by atoms with E-state index >= 15 is 0 Å². The van der Waals surface area contributed by atoms with Crippen molar-refractivity contribution in [3.8, 4) is 0 Å². The summed E-state index contributed by atoms with van der Waals surface area (Å²) in [5.41, 5.74) is 0.819. The zero-order chi connectivity index (χ0) is 20.8. The lowest BCUT2D eigenvalue weighted by molar-refractivity contribution is -0.135. The maximum absolute atomic E-state index is 14.1. The number of amides is 2. The number of benzene rings is 1. The number of nitrogens with zero attached hydrogens (tertiary/aromatic N) is 3. The average molecular weight is 395 g/mol. The van der Waals surface area contributed by atoms with Crippen LogP contribution in [0.5, 0.6) is 0 Å². The Morgan fingerprint density at radius 3 is 2.25 bits per heavy atom. The van der Waals surface area contributed by atoms with Crippen molar-refractivity contribution in [3.05, 3.63) is 29.3 Å². The molecule has 156 valence electrons. The number of carbonyl (C=O) groups excluding carboxylic acids is 2. The second-order valence-electron chi connectivity index (χ2n) is 7.72. The fraction of sp³-hybridized carbons (Fsp3) is 0.619. The zero-order valence-corrected chi connectivity index (χ0v) is 17.3. The lowest BCUT2D eigenvalue weighted by Crippen LogP contribution is -2.39. The van der Waals surface area contributed by atoms with Crippen LogP contribution in [0.3, 0.4) is 0 Å². The fourth-order valence-electron chi connectivity index (χ4n) is 3.51. The van der Waals surface area contributed by atoms with Crippen LogP contribution in [0.25, 0.3) is 0 Å². The number of hydrogen-bond donors (Lipinski definition) is 0. The van der Waals surface area contributed by atoms with E-state index in [-0.39, 0.29) is 30.7 Å². The predicted molar refractivity (Wildman–Crippen MR) is 106 cm³/mol. The largest absolute Gasteiger partial charge is 0.338 e. The van der Waals surface area contributed by atoms with Gasteiger partial charge in [0, 0.05) is 38.0 Å². The highest BCUT2D eigenvalue weighted by atomic mass is 19.2. The minimum atomic E-state index is -0.987. The molecule has 0 saturated carbocycles. The molecule has 1 aliphatic heterocycles. The molecule has 0 aromatic heterocycles. The molecule has 0 N–H and O–H groups in total. The van der Waals surface area contributed by atoms with E-state index in [4.69, 9.17) is 0 Å². The van der Waals surface area contributed by atoms with Gasteiger partial charge in [-0.1, -0.05) is 20.8 Å². The molecule has 2 amide bonds. The zero-order valence-electron chi connectivity index (χ0n) is 17.3. The van der Waals surface area contributed by atoms with E-state index in [0.29, 0.717) is 24.3 Å². The van der Waals surface area contributed by atoms with Crippen LogP contribution in [0.2, 0.25) is 0 Å². The molecule has 1 aliphatic rings. The van der Waals surface area contributed by atoms with Crippen LogP contribution in [0.15, 0.2) is 12.1 Å². The van der Waals surface area contributed by atoms with E-state index in [1.54, 1.807) is 11.8 Å². The van der Waals surface area contributed by atoms with Crippen LogP contribution < -0.4 is 4.90 Å². The van der Waals surface area contributed by atoms with Gasteiger partial charge in [0.2, 0.25) is 11.8 Å². The molecule has 0 saturated heterocycles. The quantitative estimate of drug-likeness (QED) is 0.771. The first-order valence-corrected chi connectivity index (χ1v) is 10.00. The van der Waals surface area contributed by atoms with Gasteiger partial charge in [-0.3, -0.25) is 9.59 Å². The van der Waals surface area contributed by atoms with Crippen molar-refractivity contribution in [2.75, 3.05) is 38.1 Å². The third kappa shape index (κ3) is 5.50. The Labute approximate surface area is 166 Å². The molecule has 0 unspecified atom stereocenters. The Kier molecular flexibility index (Phi) is 7.92. The average Bonchev–Trinajstić information content (AvgIpc) is 2.65. The number of hydrogen-bond acceptors (Lipinski definition) is 3. The summed E-state index contributed by atoms with van der Waals surface area (Å²) in [6.07, 6.45) is 1.80. The molecule has 7 heteroatoms. The molecule has 0 atom stereocenters. The molecule has 0 aliphatic carbocycles. The summed E-state index contributed by atoms with van der Waals surface area (Å²) in [5, 5.41) is 0. The SMILES string of the molecule is CCC(=O)N1CCCN(C)CCCN(C(=O)C(C)C)Cc2cc(F)c(F)cc21. The third-order valence-electron chi connectivity index (χ3n) is 5.07. The fourth-order valence-corrected chi connectivity index (χ4v) is 3.51. The van der Waals surface area contributed by atoms with E-state index in [1.165, 1.54) is 4.90 Å². The molecule has 28 heavy (non-hydrogen) atoms. The van der Waals surface area contributed by atoms with Crippen LogP contribution in [0.4, 0.5) is 14.5 Å². The molecule has 5 nitrogen and oxygen atoms in total. The lowest BCUT2D eigenvalue weighted by Gasteiger charge is -2.31. The van der Waals surface area contributed by atoms with Gasteiger partial charge in [0.25, 0.3) is 0 Å². The van der Waals surface area contributed by atoms with Crippen molar-refractivity contribution >= 4 is 17.5 Å². The second kappa shape index (κ2) is 9.96. The maximum Gasteiger partial charge on any atom is 0.226 e. The van der Waals surface area contributed by atoms with Crippen LogP contribution in [-0.2, 0) is 16.1 Å². The summed E-state index contributed by atoms with van der Waals surface area (Å²) in [4.78, 5) is 30.6. The highest BCUT2D eigenvalue weighted by Gasteiger charge is 2.24. The minimum Gasteiger partial charge on any atom is -0.338 e. The Morgan fingerprint density at radius 1 is 1.04 bits per heavy atom. The monoisotopic (exact) mass is 395 g/mol. The van der Waals surface area contributed by atoms with Crippen molar-refractivity contribution in [2.24, 2.45) is 5.92 Å². The lowest BCUT2D eigenvalue weighted by atomic mass is 10.1. The van der Waals surface area contributed by atoms with Gasteiger partial charge < -0.3 is 14.7 Å². The van der Waals surface area contributed by atoms with Crippen LogP contribution in [0.1, 0.15) is 45.6 Å². The number of anilines is 1. The first-order valence-electron chi connectivity index (χ1n) is 10.00. The molecule has 0 spiro atoms. The van der Waals surface area contributed by atoms with E-state index in [2.05, 4.69) is 4.90 Å². The molecule has 0 fully saturated rings. The maximum atomic E-state index is 14.1. The highest BCUT2D eigenvalue weighted by Crippen LogP contribution is 2.27. The normalized spacial score (nSPS) is 17.1. The van der Waals surface area contributed by atoms with Gasteiger partial charge in [-0.15, -0.1) is 0 Å². The van der Waals surface area contributed by atoms with Crippen LogP contribution >= 0.6 is 0 Å². The Hall–Kier alpha value is -2.02. The summed E-state index contributed by atoms with van der Waals surface area (Å²) in [7, 11) is 2.01. The summed E-state index contributed by atoms with van der Waals surface area (Å²) < 4.78 is 28.1. The molecule has 0 bridgehead atoms. The highest BCUT2D eigenvalue weighted by molar-refractivity contribution is 5.94. The van der Waals surface area contributed by atoms with Crippen LogP contribution in [-0.4, -0.2) is 54.8 Å². The molecule has 1 aromatic carbocycles. The summed E-state index contributed by atoms with van der Waals surface area (Å²) >= 11 is 0. The van der Waals surface area contributed by atoms with E-state index in [1.807, 2.05) is 20.9 Å². The number of rotatable bonds is 2. The van der Waals surface area contributed by atoms with E-state index < -0.39 is 11.6 Å². The smallest absolute Gasteiger partial charge is 0.226 e. The first kappa shape index (κ1) is 22.3. The number of halogens is 2. The Morgan fingerprint density at radius 2 is 1.64 bits per heavy atom. The third-order valence-corrected chi connectivity index (χ3v) is 5.07. The van der Waals surface area contributed by atoms with Gasteiger partial charge in [-0.25, -0.2) is 8.78 Å². The van der Waals surface area contributed by atoms with Crippen molar-refractivity contribution in [1.82, 2.24) is 9.80 Å². The van der Waals surface area contributed by atoms with E-state index in [9.17, 15) is 18.4 Å². The van der Waals surface area contributed by atoms with Crippen molar-refractivity contribution in [3.63, 3.8) is 0 Å². The molecular formula is C21H31F2N3O2. The van der Waals surface area contributed by atoms with Gasteiger partial charge in [0.15, 0.2) is 11.6 Å². The predicted octanol–water partition coefficient (Wildman–Crippen LogP) is 3.42. The standard InChI is InChI=1S/C21H31F2N3O2/c1-5-20(27)26-11-7-9-24(4)8-6-10-25(21(28)15(2)3)14-16-12-17(22)18(23)13-19(16)26/h12-13,15H,5-11,14H2,1-4H3. The second-order valence-corrected chi connectivity index (χ2v) is 7.72. The van der Waals surface area contributed by atoms with Crippen LogP contribution in [0, 0.1) is 17.6 Å². The summed E-state index contributed by atoms with van der Waals surface area (Å²) in [5.74, 6) is -2.34. The number of carbonyl (C=O) groups is 2. The summed E-state index contributed by atoms with van der Waals surface area (Å²) in [6.45, 7) is 8.11. The molecule has 0 radical (unpaired) electrons. The van der Waals surface area contributed by atoms with Gasteiger partial charge in [0.05, 0.1) is 5.69 Å². The molecular weight excluding hydrogens is 364 g/mol.